The third kappa shape index (κ3) is 2.63. The second-order valence-electron chi connectivity index (χ2n) is 4.66. The molecule has 2 nitrogen and oxygen atoms in total. The summed E-state index contributed by atoms with van der Waals surface area (Å²) in [5.41, 5.74) is 1.36. The summed E-state index contributed by atoms with van der Waals surface area (Å²) in [7, 11) is 0. The minimum Gasteiger partial charge on any atom is -0.466 e. The summed E-state index contributed by atoms with van der Waals surface area (Å²) < 4.78 is 5.60. The SMILES string of the molecule is CCNC(CC1CC1)c1cc(C)oc1C. The van der Waals surface area contributed by atoms with Crippen molar-refractivity contribution < 1.29 is 4.42 Å². The van der Waals surface area contributed by atoms with Crippen LogP contribution in [0.2, 0.25) is 0 Å². The minimum absolute atomic E-state index is 0.500. The van der Waals surface area contributed by atoms with Crippen LogP contribution in [0.5, 0.6) is 0 Å². The Hall–Kier alpha value is -0.760. The topological polar surface area (TPSA) is 25.2 Å². The van der Waals surface area contributed by atoms with E-state index < -0.39 is 0 Å². The normalized spacial score (nSPS) is 18.1. The van der Waals surface area contributed by atoms with Crippen molar-refractivity contribution >= 4 is 0 Å². The van der Waals surface area contributed by atoms with Gasteiger partial charge in [-0.2, -0.15) is 0 Å². The van der Waals surface area contributed by atoms with Gasteiger partial charge in [-0.15, -0.1) is 0 Å². The fourth-order valence-electron chi connectivity index (χ4n) is 2.25. The first kappa shape index (κ1) is 10.7. The molecule has 1 aromatic rings. The fourth-order valence-corrected chi connectivity index (χ4v) is 2.25. The van der Waals surface area contributed by atoms with Crippen LogP contribution in [-0.4, -0.2) is 6.54 Å². The van der Waals surface area contributed by atoms with Crippen molar-refractivity contribution in [3.05, 3.63) is 23.2 Å². The number of aryl methyl sites for hydroxylation is 2. The van der Waals surface area contributed by atoms with Crippen LogP contribution in [-0.2, 0) is 0 Å². The van der Waals surface area contributed by atoms with E-state index in [0.29, 0.717) is 6.04 Å². The van der Waals surface area contributed by atoms with Crippen LogP contribution >= 0.6 is 0 Å². The van der Waals surface area contributed by atoms with Crippen LogP contribution < -0.4 is 5.32 Å². The Kier molecular flexibility index (Phi) is 3.15. The van der Waals surface area contributed by atoms with Crippen molar-refractivity contribution in [1.29, 1.82) is 0 Å². The Labute approximate surface area is 92.1 Å². The van der Waals surface area contributed by atoms with Gasteiger partial charge >= 0.3 is 0 Å². The average molecular weight is 207 g/mol. The van der Waals surface area contributed by atoms with E-state index in [1.54, 1.807) is 0 Å². The molecule has 0 aliphatic heterocycles. The van der Waals surface area contributed by atoms with Crippen LogP contribution in [0.1, 0.15) is 49.3 Å². The highest BCUT2D eigenvalue weighted by Gasteiger charge is 2.27. The Bertz CT molecular complexity index is 325. The molecule has 2 rings (SSSR count). The van der Waals surface area contributed by atoms with Gasteiger partial charge < -0.3 is 9.73 Å². The van der Waals surface area contributed by atoms with Crippen LogP contribution in [0.15, 0.2) is 10.5 Å². The molecular weight excluding hydrogens is 186 g/mol. The molecule has 84 valence electrons. The van der Waals surface area contributed by atoms with E-state index in [1.807, 2.05) is 6.92 Å². The monoisotopic (exact) mass is 207 g/mol. The zero-order valence-electron chi connectivity index (χ0n) is 9.97. The Balaban J connectivity index is 2.10. The van der Waals surface area contributed by atoms with Crippen LogP contribution in [0.3, 0.4) is 0 Å². The lowest BCUT2D eigenvalue weighted by Crippen LogP contribution is -2.21. The van der Waals surface area contributed by atoms with E-state index in [-0.39, 0.29) is 0 Å². The lowest BCUT2D eigenvalue weighted by atomic mass is 10.0. The van der Waals surface area contributed by atoms with Gasteiger partial charge in [0, 0.05) is 11.6 Å². The van der Waals surface area contributed by atoms with Crippen molar-refractivity contribution in [2.24, 2.45) is 5.92 Å². The zero-order valence-corrected chi connectivity index (χ0v) is 9.97. The second-order valence-corrected chi connectivity index (χ2v) is 4.66. The molecule has 2 heteroatoms. The van der Waals surface area contributed by atoms with Crippen molar-refractivity contribution in [1.82, 2.24) is 5.32 Å². The largest absolute Gasteiger partial charge is 0.466 e. The molecule has 1 aliphatic carbocycles. The summed E-state index contributed by atoms with van der Waals surface area (Å²) in [4.78, 5) is 0. The highest BCUT2D eigenvalue weighted by Crippen LogP contribution is 2.38. The first-order valence-electron chi connectivity index (χ1n) is 6.01. The van der Waals surface area contributed by atoms with E-state index in [2.05, 4.69) is 25.2 Å². The summed E-state index contributed by atoms with van der Waals surface area (Å²) >= 11 is 0. The molecule has 1 unspecified atom stereocenters. The molecule has 1 saturated carbocycles. The van der Waals surface area contributed by atoms with Gasteiger partial charge in [0.2, 0.25) is 0 Å². The van der Waals surface area contributed by atoms with Crippen LogP contribution in [0, 0.1) is 19.8 Å². The summed E-state index contributed by atoms with van der Waals surface area (Å²) in [5, 5.41) is 3.56. The highest BCUT2D eigenvalue weighted by molar-refractivity contribution is 5.24. The molecule has 1 aromatic heterocycles. The minimum atomic E-state index is 0.500. The number of rotatable bonds is 5. The molecule has 0 aromatic carbocycles. The van der Waals surface area contributed by atoms with Crippen molar-refractivity contribution in [2.45, 2.75) is 46.1 Å². The van der Waals surface area contributed by atoms with Crippen LogP contribution in [0.25, 0.3) is 0 Å². The first-order valence-corrected chi connectivity index (χ1v) is 6.01. The van der Waals surface area contributed by atoms with E-state index in [1.165, 1.54) is 24.8 Å². The zero-order chi connectivity index (χ0) is 10.8. The van der Waals surface area contributed by atoms with Gasteiger partial charge in [-0.3, -0.25) is 0 Å². The fraction of sp³-hybridized carbons (Fsp3) is 0.692. The molecule has 1 fully saturated rings. The van der Waals surface area contributed by atoms with Gasteiger partial charge in [-0.25, -0.2) is 0 Å². The van der Waals surface area contributed by atoms with Gasteiger partial charge in [-0.1, -0.05) is 19.8 Å². The number of nitrogens with one attached hydrogen (secondary N) is 1. The maximum atomic E-state index is 5.60. The molecule has 1 atom stereocenters. The summed E-state index contributed by atoms with van der Waals surface area (Å²) in [6.07, 6.45) is 4.10. The quantitative estimate of drug-likeness (QED) is 0.801. The van der Waals surface area contributed by atoms with E-state index in [4.69, 9.17) is 4.42 Å². The van der Waals surface area contributed by atoms with Gasteiger partial charge in [-0.05, 0) is 38.8 Å². The third-order valence-corrected chi connectivity index (χ3v) is 3.17. The van der Waals surface area contributed by atoms with E-state index in [9.17, 15) is 0 Å². The average Bonchev–Trinajstić information content (AvgIpc) is 2.91. The van der Waals surface area contributed by atoms with Crippen molar-refractivity contribution in [2.75, 3.05) is 6.54 Å². The number of hydrogen-bond donors (Lipinski definition) is 1. The molecule has 0 bridgehead atoms. The lowest BCUT2D eigenvalue weighted by Gasteiger charge is -2.16. The lowest BCUT2D eigenvalue weighted by molar-refractivity contribution is 0.461. The molecule has 15 heavy (non-hydrogen) atoms. The Morgan fingerprint density at radius 3 is 2.67 bits per heavy atom. The smallest absolute Gasteiger partial charge is 0.105 e. The predicted octanol–water partition coefficient (Wildman–Crippen LogP) is 3.35. The van der Waals surface area contributed by atoms with Gasteiger partial charge in [0.15, 0.2) is 0 Å². The third-order valence-electron chi connectivity index (χ3n) is 3.17. The summed E-state index contributed by atoms with van der Waals surface area (Å²) in [5.74, 6) is 3.06. The molecule has 0 spiro atoms. The van der Waals surface area contributed by atoms with E-state index >= 15 is 0 Å². The van der Waals surface area contributed by atoms with E-state index in [0.717, 1.165) is 24.0 Å². The Morgan fingerprint density at radius 1 is 1.47 bits per heavy atom. The van der Waals surface area contributed by atoms with Gasteiger partial charge in [0.25, 0.3) is 0 Å². The number of furan rings is 1. The second kappa shape index (κ2) is 4.40. The molecule has 1 heterocycles. The Morgan fingerprint density at radius 2 is 2.20 bits per heavy atom. The predicted molar refractivity (Wildman–Crippen MR) is 61.9 cm³/mol. The highest BCUT2D eigenvalue weighted by atomic mass is 16.3. The maximum Gasteiger partial charge on any atom is 0.105 e. The molecule has 0 amide bonds. The van der Waals surface area contributed by atoms with Crippen LogP contribution in [0.4, 0.5) is 0 Å². The summed E-state index contributed by atoms with van der Waals surface area (Å²) in [6.45, 7) is 7.29. The molecule has 1 aliphatic rings. The molecule has 0 radical (unpaired) electrons. The summed E-state index contributed by atoms with van der Waals surface area (Å²) in [6, 6.07) is 2.69. The standard InChI is InChI=1S/C13H21NO/c1-4-14-13(8-11-5-6-11)12-7-9(2)15-10(12)3/h7,11,13-14H,4-6,8H2,1-3H3. The number of hydrogen-bond acceptors (Lipinski definition) is 2. The molecule has 1 N–H and O–H groups in total. The van der Waals surface area contributed by atoms with Gasteiger partial charge in [0.05, 0.1) is 0 Å². The van der Waals surface area contributed by atoms with Crippen molar-refractivity contribution in [3.63, 3.8) is 0 Å². The maximum absolute atomic E-state index is 5.60. The van der Waals surface area contributed by atoms with Crippen molar-refractivity contribution in [3.8, 4) is 0 Å². The molecule has 0 saturated heterocycles. The molecular formula is C13H21NO. The first-order chi connectivity index (χ1) is 7.20. The van der Waals surface area contributed by atoms with Gasteiger partial charge in [0.1, 0.15) is 11.5 Å².